The standard InChI is InChI=1S/C14H15N5O3/c1-7-11(20)12(21)14(22-7)19-5-3-8-10(9-2-4-17-18-9)15-6-16-13(8)19/h2-7,11-12,14,20-21H,1H3,(H,17,18)/t7-,11-,12-,14-/m1/s1. The first kappa shape index (κ1) is 13.4. The van der Waals surface area contributed by atoms with Gasteiger partial charge in [0.25, 0.3) is 0 Å². The van der Waals surface area contributed by atoms with E-state index >= 15 is 0 Å². The van der Waals surface area contributed by atoms with Crippen LogP contribution in [0, 0.1) is 0 Å². The number of aliphatic hydroxyl groups is 2. The van der Waals surface area contributed by atoms with Crippen LogP contribution in [-0.4, -0.2) is 53.3 Å². The molecule has 4 atom stereocenters. The monoisotopic (exact) mass is 301 g/mol. The van der Waals surface area contributed by atoms with Crippen molar-refractivity contribution in [1.82, 2.24) is 24.7 Å². The molecule has 3 aromatic heterocycles. The quantitative estimate of drug-likeness (QED) is 0.634. The molecule has 4 rings (SSSR count). The molecule has 3 N–H and O–H groups in total. The summed E-state index contributed by atoms with van der Waals surface area (Å²) in [6.45, 7) is 1.73. The smallest absolute Gasteiger partial charge is 0.164 e. The summed E-state index contributed by atoms with van der Waals surface area (Å²) in [6.07, 6.45) is 1.85. The number of nitrogens with one attached hydrogen (secondary N) is 1. The molecule has 3 aromatic rings. The Kier molecular flexibility index (Phi) is 2.96. The van der Waals surface area contributed by atoms with Crippen molar-refractivity contribution in [2.45, 2.75) is 31.5 Å². The van der Waals surface area contributed by atoms with E-state index in [2.05, 4.69) is 20.2 Å². The lowest BCUT2D eigenvalue weighted by molar-refractivity contribution is -0.0296. The predicted molar refractivity (Wildman–Crippen MR) is 76.7 cm³/mol. The van der Waals surface area contributed by atoms with Gasteiger partial charge in [-0.25, -0.2) is 9.97 Å². The third kappa shape index (κ3) is 1.85. The lowest BCUT2D eigenvalue weighted by Crippen LogP contribution is -2.30. The maximum absolute atomic E-state index is 10.2. The summed E-state index contributed by atoms with van der Waals surface area (Å²) in [4.78, 5) is 8.58. The zero-order chi connectivity index (χ0) is 15.3. The average molecular weight is 301 g/mol. The minimum Gasteiger partial charge on any atom is -0.388 e. The Labute approximate surface area is 125 Å². The molecule has 8 nitrogen and oxygen atoms in total. The van der Waals surface area contributed by atoms with Crippen LogP contribution in [0.1, 0.15) is 13.2 Å². The van der Waals surface area contributed by atoms with Gasteiger partial charge in [0.1, 0.15) is 29.9 Å². The third-order valence-electron chi connectivity index (χ3n) is 4.02. The molecule has 0 aromatic carbocycles. The fourth-order valence-corrected chi connectivity index (χ4v) is 2.84. The van der Waals surface area contributed by atoms with E-state index in [1.165, 1.54) is 6.33 Å². The number of rotatable bonds is 2. The van der Waals surface area contributed by atoms with Crippen molar-refractivity contribution in [3.63, 3.8) is 0 Å². The summed E-state index contributed by atoms with van der Waals surface area (Å²) in [6, 6.07) is 3.68. The molecule has 0 bridgehead atoms. The van der Waals surface area contributed by atoms with Gasteiger partial charge < -0.3 is 19.5 Å². The Balaban J connectivity index is 1.83. The molecular formula is C14H15N5O3. The van der Waals surface area contributed by atoms with Crippen molar-refractivity contribution in [3.05, 3.63) is 30.9 Å². The molecule has 0 amide bonds. The van der Waals surface area contributed by atoms with Gasteiger partial charge in [-0.2, -0.15) is 5.10 Å². The highest BCUT2D eigenvalue weighted by atomic mass is 16.6. The molecule has 1 aliphatic heterocycles. The van der Waals surface area contributed by atoms with E-state index in [-0.39, 0.29) is 0 Å². The minimum absolute atomic E-state index is 0.439. The molecule has 0 radical (unpaired) electrons. The van der Waals surface area contributed by atoms with Crippen LogP contribution in [-0.2, 0) is 4.74 Å². The van der Waals surface area contributed by atoms with E-state index in [1.807, 2.05) is 12.1 Å². The van der Waals surface area contributed by atoms with Crippen molar-refractivity contribution < 1.29 is 14.9 Å². The number of H-pyrrole nitrogens is 1. The zero-order valence-corrected chi connectivity index (χ0v) is 11.8. The Bertz CT molecular complexity index is 800. The Morgan fingerprint density at radius 1 is 1.23 bits per heavy atom. The van der Waals surface area contributed by atoms with Crippen LogP contribution in [0.3, 0.4) is 0 Å². The lowest BCUT2D eigenvalue weighted by Gasteiger charge is -2.17. The first-order chi connectivity index (χ1) is 10.7. The number of hydrogen-bond donors (Lipinski definition) is 3. The van der Waals surface area contributed by atoms with E-state index < -0.39 is 24.5 Å². The van der Waals surface area contributed by atoms with Crippen LogP contribution < -0.4 is 0 Å². The summed E-state index contributed by atoms with van der Waals surface area (Å²) in [5.74, 6) is 0. The number of aromatic amines is 1. The van der Waals surface area contributed by atoms with Gasteiger partial charge in [0.15, 0.2) is 6.23 Å². The highest BCUT2D eigenvalue weighted by Crippen LogP contribution is 2.33. The van der Waals surface area contributed by atoms with Crippen LogP contribution in [0.15, 0.2) is 30.9 Å². The van der Waals surface area contributed by atoms with Gasteiger partial charge >= 0.3 is 0 Å². The van der Waals surface area contributed by atoms with E-state index in [1.54, 1.807) is 23.9 Å². The van der Waals surface area contributed by atoms with Gasteiger partial charge in [0.2, 0.25) is 0 Å². The zero-order valence-electron chi connectivity index (χ0n) is 11.8. The van der Waals surface area contributed by atoms with Gasteiger partial charge in [-0.15, -0.1) is 0 Å². The van der Waals surface area contributed by atoms with Crippen molar-refractivity contribution in [2.75, 3.05) is 0 Å². The molecule has 0 saturated carbocycles. The number of aliphatic hydroxyl groups excluding tert-OH is 2. The van der Waals surface area contributed by atoms with E-state index in [0.29, 0.717) is 5.65 Å². The molecule has 0 aliphatic carbocycles. The number of nitrogens with zero attached hydrogens (tertiary/aromatic N) is 4. The van der Waals surface area contributed by atoms with Crippen LogP contribution in [0.4, 0.5) is 0 Å². The highest BCUT2D eigenvalue weighted by Gasteiger charge is 2.41. The second-order valence-corrected chi connectivity index (χ2v) is 5.37. The summed E-state index contributed by atoms with van der Waals surface area (Å²) >= 11 is 0. The minimum atomic E-state index is -1.00. The van der Waals surface area contributed by atoms with Crippen molar-refractivity contribution in [2.24, 2.45) is 0 Å². The molecule has 0 spiro atoms. The summed E-state index contributed by atoms with van der Waals surface area (Å²) in [7, 11) is 0. The predicted octanol–water partition coefficient (Wildman–Crippen LogP) is 0.460. The number of ether oxygens (including phenoxy) is 1. The summed E-state index contributed by atoms with van der Waals surface area (Å²) in [5.41, 5.74) is 2.14. The van der Waals surface area contributed by atoms with Gasteiger partial charge in [-0.05, 0) is 19.1 Å². The van der Waals surface area contributed by atoms with Gasteiger partial charge in [0.05, 0.1) is 11.8 Å². The third-order valence-corrected chi connectivity index (χ3v) is 4.02. The SMILES string of the molecule is C[C@H]1O[C@@H](n2ccc3c(-c4ccn[nH]4)ncnc32)[C@H](O)[C@@H]1O. The highest BCUT2D eigenvalue weighted by molar-refractivity contribution is 5.89. The topological polar surface area (TPSA) is 109 Å². The molecule has 8 heteroatoms. The molecule has 1 saturated heterocycles. The normalized spacial score (nSPS) is 28.5. The first-order valence-corrected chi connectivity index (χ1v) is 6.99. The van der Waals surface area contributed by atoms with E-state index in [0.717, 1.165) is 16.8 Å². The van der Waals surface area contributed by atoms with Crippen LogP contribution in [0.25, 0.3) is 22.4 Å². The fourth-order valence-electron chi connectivity index (χ4n) is 2.84. The maximum Gasteiger partial charge on any atom is 0.164 e. The molecule has 0 unspecified atom stereocenters. The first-order valence-electron chi connectivity index (χ1n) is 6.99. The van der Waals surface area contributed by atoms with Gasteiger partial charge in [0, 0.05) is 17.8 Å². The van der Waals surface area contributed by atoms with Crippen molar-refractivity contribution in [3.8, 4) is 11.4 Å². The van der Waals surface area contributed by atoms with Gasteiger partial charge in [-0.1, -0.05) is 0 Å². The fraction of sp³-hybridized carbons (Fsp3) is 0.357. The Morgan fingerprint density at radius 2 is 2.09 bits per heavy atom. The molecule has 22 heavy (non-hydrogen) atoms. The Hall–Kier alpha value is -2.29. The molecule has 1 aliphatic rings. The van der Waals surface area contributed by atoms with E-state index in [4.69, 9.17) is 4.74 Å². The number of hydrogen-bond acceptors (Lipinski definition) is 6. The second-order valence-electron chi connectivity index (χ2n) is 5.37. The summed E-state index contributed by atoms with van der Waals surface area (Å²) in [5, 5.41) is 27.7. The lowest BCUT2D eigenvalue weighted by atomic mass is 10.1. The Morgan fingerprint density at radius 3 is 2.77 bits per heavy atom. The van der Waals surface area contributed by atoms with Gasteiger partial charge in [-0.3, -0.25) is 5.10 Å². The van der Waals surface area contributed by atoms with Crippen LogP contribution in [0.5, 0.6) is 0 Å². The van der Waals surface area contributed by atoms with Crippen LogP contribution >= 0.6 is 0 Å². The average Bonchev–Trinajstić information content (AvgIpc) is 3.23. The second kappa shape index (κ2) is 4.87. The number of fused-ring (bicyclic) bond motifs is 1. The van der Waals surface area contributed by atoms with Crippen LogP contribution in [0.2, 0.25) is 0 Å². The molecule has 1 fully saturated rings. The maximum atomic E-state index is 10.2. The summed E-state index contributed by atoms with van der Waals surface area (Å²) < 4.78 is 7.37. The van der Waals surface area contributed by atoms with Crippen molar-refractivity contribution >= 4 is 11.0 Å². The molecular weight excluding hydrogens is 286 g/mol. The molecule has 114 valence electrons. The van der Waals surface area contributed by atoms with Crippen molar-refractivity contribution in [1.29, 1.82) is 0 Å². The molecule has 4 heterocycles. The largest absolute Gasteiger partial charge is 0.388 e. The number of aromatic nitrogens is 5. The van der Waals surface area contributed by atoms with E-state index in [9.17, 15) is 10.2 Å².